The van der Waals surface area contributed by atoms with Crippen molar-refractivity contribution in [1.29, 1.82) is 0 Å². The second-order valence-electron chi connectivity index (χ2n) is 5.00. The molecule has 2 atom stereocenters. The molecule has 0 spiro atoms. The molecule has 0 fully saturated rings. The van der Waals surface area contributed by atoms with E-state index in [1.54, 1.807) is 0 Å². The first kappa shape index (κ1) is 12.1. The minimum atomic E-state index is -0.269. The molecule has 1 aliphatic carbocycles. The van der Waals surface area contributed by atoms with Crippen molar-refractivity contribution < 1.29 is 4.79 Å². The van der Waals surface area contributed by atoms with E-state index in [0.29, 0.717) is 12.3 Å². The molecule has 1 aromatic rings. The average Bonchev–Trinajstić information content (AvgIpc) is 2.33. The smallest absolute Gasteiger partial charge is 0.219 e. The van der Waals surface area contributed by atoms with Gasteiger partial charge in [0, 0.05) is 6.42 Å². The Hall–Kier alpha value is -1.35. The van der Waals surface area contributed by atoms with Crippen LogP contribution in [0.1, 0.15) is 43.2 Å². The van der Waals surface area contributed by atoms with Crippen LogP contribution in [-0.2, 0) is 10.3 Å². The number of hydrogen-bond acceptors (Lipinski definition) is 2. The van der Waals surface area contributed by atoms with Crippen molar-refractivity contribution >= 4 is 5.91 Å². The highest BCUT2D eigenvalue weighted by molar-refractivity contribution is 5.75. The van der Waals surface area contributed by atoms with Gasteiger partial charge in [0.25, 0.3) is 0 Å². The standard InChI is InChI=1S/C14H20N2O/c1-10-7-8-14(16-2,9-13(15)17)12-6-4-3-5-11(10)12/h3-6,10,16H,7-9H2,1-2H3,(H2,15,17). The average molecular weight is 232 g/mol. The maximum absolute atomic E-state index is 11.3. The van der Waals surface area contributed by atoms with Crippen LogP contribution in [0.4, 0.5) is 0 Å². The van der Waals surface area contributed by atoms with E-state index in [2.05, 4.69) is 30.4 Å². The van der Waals surface area contributed by atoms with E-state index in [0.717, 1.165) is 12.8 Å². The number of fused-ring (bicyclic) bond motifs is 1. The molecule has 0 saturated carbocycles. The molecular formula is C14H20N2O. The molecule has 3 nitrogen and oxygen atoms in total. The Labute approximate surface area is 102 Å². The summed E-state index contributed by atoms with van der Waals surface area (Å²) in [5, 5.41) is 3.32. The molecule has 0 heterocycles. The summed E-state index contributed by atoms with van der Waals surface area (Å²) < 4.78 is 0. The van der Waals surface area contributed by atoms with Gasteiger partial charge in [-0.25, -0.2) is 0 Å². The third kappa shape index (κ3) is 2.07. The van der Waals surface area contributed by atoms with Crippen LogP contribution < -0.4 is 11.1 Å². The molecule has 3 N–H and O–H groups in total. The fraction of sp³-hybridized carbons (Fsp3) is 0.500. The zero-order chi connectivity index (χ0) is 12.5. The van der Waals surface area contributed by atoms with Gasteiger partial charge in [-0.3, -0.25) is 4.79 Å². The van der Waals surface area contributed by atoms with Crippen LogP contribution in [0, 0.1) is 0 Å². The molecule has 2 rings (SSSR count). The number of primary amides is 1. The second-order valence-corrected chi connectivity index (χ2v) is 5.00. The van der Waals surface area contributed by atoms with E-state index < -0.39 is 0 Å². The van der Waals surface area contributed by atoms with E-state index in [1.165, 1.54) is 11.1 Å². The number of rotatable bonds is 3. The van der Waals surface area contributed by atoms with Crippen molar-refractivity contribution in [2.45, 2.75) is 37.6 Å². The minimum Gasteiger partial charge on any atom is -0.370 e. The van der Waals surface area contributed by atoms with E-state index in [-0.39, 0.29) is 11.4 Å². The van der Waals surface area contributed by atoms with Gasteiger partial charge in [0.2, 0.25) is 5.91 Å². The first-order valence-electron chi connectivity index (χ1n) is 6.16. The summed E-state index contributed by atoms with van der Waals surface area (Å²) in [5.41, 5.74) is 7.71. The van der Waals surface area contributed by atoms with Gasteiger partial charge in [-0.1, -0.05) is 31.2 Å². The van der Waals surface area contributed by atoms with Crippen molar-refractivity contribution in [3.8, 4) is 0 Å². The highest BCUT2D eigenvalue weighted by atomic mass is 16.1. The number of hydrogen-bond donors (Lipinski definition) is 2. The quantitative estimate of drug-likeness (QED) is 0.836. The summed E-state index contributed by atoms with van der Waals surface area (Å²) in [6, 6.07) is 8.37. The van der Waals surface area contributed by atoms with Gasteiger partial charge in [0.1, 0.15) is 0 Å². The van der Waals surface area contributed by atoms with Crippen molar-refractivity contribution in [2.75, 3.05) is 7.05 Å². The highest BCUT2D eigenvalue weighted by Crippen LogP contribution is 2.42. The molecule has 2 unspecified atom stereocenters. The Kier molecular flexibility index (Phi) is 3.20. The molecule has 0 radical (unpaired) electrons. The fourth-order valence-electron chi connectivity index (χ4n) is 2.94. The summed E-state index contributed by atoms with van der Waals surface area (Å²) in [6.45, 7) is 2.24. The Bertz CT molecular complexity index is 430. The van der Waals surface area contributed by atoms with Crippen molar-refractivity contribution in [3.63, 3.8) is 0 Å². The molecular weight excluding hydrogens is 212 g/mol. The van der Waals surface area contributed by atoms with Crippen molar-refractivity contribution in [3.05, 3.63) is 35.4 Å². The van der Waals surface area contributed by atoms with Crippen LogP contribution in [0.2, 0.25) is 0 Å². The highest BCUT2D eigenvalue weighted by Gasteiger charge is 2.38. The molecule has 0 bridgehead atoms. The van der Waals surface area contributed by atoms with Gasteiger partial charge >= 0.3 is 0 Å². The van der Waals surface area contributed by atoms with E-state index >= 15 is 0 Å². The van der Waals surface area contributed by atoms with Gasteiger partial charge in [-0.2, -0.15) is 0 Å². The Morgan fingerprint density at radius 2 is 2.24 bits per heavy atom. The largest absolute Gasteiger partial charge is 0.370 e. The minimum absolute atomic E-state index is 0.247. The second kappa shape index (κ2) is 4.49. The van der Waals surface area contributed by atoms with E-state index in [4.69, 9.17) is 5.73 Å². The van der Waals surface area contributed by atoms with Crippen LogP contribution in [0.25, 0.3) is 0 Å². The number of amides is 1. The zero-order valence-corrected chi connectivity index (χ0v) is 10.5. The van der Waals surface area contributed by atoms with E-state index in [1.807, 2.05) is 13.1 Å². The maximum atomic E-state index is 11.3. The predicted octanol–water partition coefficient (Wildman–Crippen LogP) is 1.87. The zero-order valence-electron chi connectivity index (χ0n) is 10.5. The number of carbonyl (C=O) groups excluding carboxylic acids is 1. The lowest BCUT2D eigenvalue weighted by Gasteiger charge is -2.40. The number of carbonyl (C=O) groups is 1. The molecule has 1 aromatic carbocycles. The summed E-state index contributed by atoms with van der Waals surface area (Å²) in [6.07, 6.45) is 2.42. The van der Waals surface area contributed by atoms with Gasteiger partial charge in [0.15, 0.2) is 0 Å². The molecule has 1 aliphatic rings. The normalized spacial score (nSPS) is 27.5. The van der Waals surface area contributed by atoms with E-state index in [9.17, 15) is 4.79 Å². The molecule has 0 aromatic heterocycles. The molecule has 3 heteroatoms. The Balaban J connectivity index is 2.49. The summed E-state index contributed by atoms with van der Waals surface area (Å²) >= 11 is 0. The molecule has 0 saturated heterocycles. The SMILES string of the molecule is CNC1(CC(N)=O)CCC(C)c2ccccc21. The molecule has 92 valence electrons. The topological polar surface area (TPSA) is 55.1 Å². The summed E-state index contributed by atoms with van der Waals surface area (Å²) in [5.74, 6) is 0.309. The fourth-order valence-corrected chi connectivity index (χ4v) is 2.94. The monoisotopic (exact) mass is 232 g/mol. The van der Waals surface area contributed by atoms with Crippen LogP contribution in [0.5, 0.6) is 0 Å². The van der Waals surface area contributed by atoms with Crippen LogP contribution >= 0.6 is 0 Å². The number of nitrogens with one attached hydrogen (secondary N) is 1. The van der Waals surface area contributed by atoms with Gasteiger partial charge < -0.3 is 11.1 Å². The maximum Gasteiger partial charge on any atom is 0.219 e. The molecule has 1 amide bonds. The predicted molar refractivity (Wildman–Crippen MR) is 68.6 cm³/mol. The lowest BCUT2D eigenvalue weighted by Crippen LogP contribution is -2.46. The summed E-state index contributed by atoms with van der Waals surface area (Å²) in [4.78, 5) is 11.3. The Morgan fingerprint density at radius 3 is 2.88 bits per heavy atom. The van der Waals surface area contributed by atoms with Crippen molar-refractivity contribution in [1.82, 2.24) is 5.32 Å². The lowest BCUT2D eigenvalue weighted by atomic mass is 9.71. The van der Waals surface area contributed by atoms with Gasteiger partial charge in [-0.05, 0) is 36.9 Å². The molecule has 17 heavy (non-hydrogen) atoms. The van der Waals surface area contributed by atoms with Crippen LogP contribution in [0.3, 0.4) is 0 Å². The third-order valence-corrected chi connectivity index (χ3v) is 3.97. The first-order valence-corrected chi connectivity index (χ1v) is 6.16. The number of benzene rings is 1. The first-order chi connectivity index (χ1) is 8.09. The third-order valence-electron chi connectivity index (χ3n) is 3.97. The summed E-state index contributed by atoms with van der Waals surface area (Å²) in [7, 11) is 1.91. The lowest BCUT2D eigenvalue weighted by molar-refractivity contribution is -0.119. The molecule has 0 aliphatic heterocycles. The van der Waals surface area contributed by atoms with Gasteiger partial charge in [-0.15, -0.1) is 0 Å². The van der Waals surface area contributed by atoms with Crippen LogP contribution in [-0.4, -0.2) is 13.0 Å². The van der Waals surface area contributed by atoms with Gasteiger partial charge in [0.05, 0.1) is 5.54 Å². The Morgan fingerprint density at radius 1 is 1.53 bits per heavy atom. The van der Waals surface area contributed by atoms with Crippen molar-refractivity contribution in [2.24, 2.45) is 5.73 Å². The number of nitrogens with two attached hydrogens (primary N) is 1. The van der Waals surface area contributed by atoms with Crippen LogP contribution in [0.15, 0.2) is 24.3 Å².